The second-order valence-corrected chi connectivity index (χ2v) is 5.26. The molecule has 3 rings (SSSR count). The first-order chi connectivity index (χ1) is 9.16. The van der Waals surface area contributed by atoms with Gasteiger partial charge in [0.05, 0.1) is 0 Å². The lowest BCUT2D eigenvalue weighted by Gasteiger charge is -2.10. The second kappa shape index (κ2) is 4.63. The van der Waals surface area contributed by atoms with Crippen LogP contribution in [0.5, 0.6) is 0 Å². The lowest BCUT2D eigenvalue weighted by atomic mass is 10.1. The highest BCUT2D eigenvalue weighted by Crippen LogP contribution is 2.25. The number of nitrogens with zero attached hydrogens (tertiary/aromatic N) is 2. The van der Waals surface area contributed by atoms with Crippen molar-refractivity contribution in [1.82, 2.24) is 14.8 Å². The summed E-state index contributed by atoms with van der Waals surface area (Å²) in [6.07, 6.45) is 0. The Morgan fingerprint density at radius 2 is 1.84 bits per heavy atom. The largest absolute Gasteiger partial charge is 0.298 e. The smallest absolute Gasteiger partial charge is 0.195 e. The molecule has 3 aromatic rings. The van der Waals surface area contributed by atoms with E-state index in [1.807, 2.05) is 16.7 Å². The van der Waals surface area contributed by atoms with Crippen LogP contribution in [0.1, 0.15) is 19.9 Å². The van der Waals surface area contributed by atoms with Crippen molar-refractivity contribution >= 4 is 23.0 Å². The molecule has 1 N–H and O–H groups in total. The van der Waals surface area contributed by atoms with Gasteiger partial charge in [0.25, 0.3) is 0 Å². The SMILES string of the molecule is CC(C)n1c(-c2ccc3ccccc3c2)n[nH]c1=S. The molecule has 0 unspecified atom stereocenters. The first kappa shape index (κ1) is 12.1. The number of benzene rings is 2. The van der Waals surface area contributed by atoms with Crippen LogP contribution in [0.2, 0.25) is 0 Å². The minimum absolute atomic E-state index is 0.285. The number of nitrogens with one attached hydrogen (secondary N) is 1. The van der Waals surface area contributed by atoms with Gasteiger partial charge in [-0.1, -0.05) is 36.4 Å². The van der Waals surface area contributed by atoms with Gasteiger partial charge in [-0.05, 0) is 42.9 Å². The molecule has 3 nitrogen and oxygen atoms in total. The summed E-state index contributed by atoms with van der Waals surface area (Å²) in [5.41, 5.74) is 1.08. The summed E-state index contributed by atoms with van der Waals surface area (Å²) in [7, 11) is 0. The zero-order chi connectivity index (χ0) is 13.4. The van der Waals surface area contributed by atoms with E-state index in [2.05, 4.69) is 54.4 Å². The average molecular weight is 269 g/mol. The lowest BCUT2D eigenvalue weighted by Crippen LogP contribution is -2.03. The number of H-pyrrole nitrogens is 1. The molecule has 0 amide bonds. The molecular formula is C15H15N3S. The minimum atomic E-state index is 0.285. The molecule has 1 heterocycles. The molecule has 96 valence electrons. The minimum Gasteiger partial charge on any atom is -0.298 e. The van der Waals surface area contributed by atoms with Crippen molar-refractivity contribution < 1.29 is 0 Å². The van der Waals surface area contributed by atoms with Gasteiger partial charge >= 0.3 is 0 Å². The van der Waals surface area contributed by atoms with Gasteiger partial charge in [0, 0.05) is 11.6 Å². The maximum Gasteiger partial charge on any atom is 0.195 e. The van der Waals surface area contributed by atoms with E-state index in [0.717, 1.165) is 11.4 Å². The zero-order valence-electron chi connectivity index (χ0n) is 10.9. The van der Waals surface area contributed by atoms with Gasteiger partial charge in [-0.15, -0.1) is 0 Å². The molecule has 0 saturated carbocycles. The fraction of sp³-hybridized carbons (Fsp3) is 0.200. The van der Waals surface area contributed by atoms with E-state index in [4.69, 9.17) is 12.2 Å². The molecule has 0 aliphatic carbocycles. The van der Waals surface area contributed by atoms with Gasteiger partial charge in [-0.2, -0.15) is 5.10 Å². The molecule has 0 bridgehead atoms. The Morgan fingerprint density at radius 3 is 2.58 bits per heavy atom. The molecule has 0 spiro atoms. The van der Waals surface area contributed by atoms with E-state index in [0.29, 0.717) is 4.77 Å². The predicted molar refractivity (Wildman–Crippen MR) is 80.7 cm³/mol. The molecule has 4 heteroatoms. The van der Waals surface area contributed by atoms with Crippen molar-refractivity contribution in [2.45, 2.75) is 19.9 Å². The summed E-state index contributed by atoms with van der Waals surface area (Å²) in [6.45, 7) is 4.21. The molecule has 19 heavy (non-hydrogen) atoms. The van der Waals surface area contributed by atoms with Gasteiger partial charge in [0.1, 0.15) is 0 Å². The summed E-state index contributed by atoms with van der Waals surface area (Å²) in [5, 5.41) is 9.69. The molecular weight excluding hydrogens is 254 g/mol. The van der Waals surface area contributed by atoms with Crippen LogP contribution in [0, 0.1) is 4.77 Å². The van der Waals surface area contributed by atoms with Crippen molar-refractivity contribution in [3.63, 3.8) is 0 Å². The monoisotopic (exact) mass is 269 g/mol. The van der Waals surface area contributed by atoms with Crippen molar-refractivity contribution in [2.24, 2.45) is 0 Å². The van der Waals surface area contributed by atoms with Crippen LogP contribution in [0.3, 0.4) is 0 Å². The molecule has 0 saturated heterocycles. The normalized spacial score (nSPS) is 11.3. The first-order valence-electron chi connectivity index (χ1n) is 6.33. The quantitative estimate of drug-likeness (QED) is 0.702. The predicted octanol–water partition coefficient (Wildman–Crippen LogP) is 4.34. The van der Waals surface area contributed by atoms with Crippen LogP contribution in [0.15, 0.2) is 42.5 Å². The number of hydrogen-bond donors (Lipinski definition) is 1. The van der Waals surface area contributed by atoms with E-state index in [9.17, 15) is 0 Å². The second-order valence-electron chi connectivity index (χ2n) is 4.88. The summed E-state index contributed by atoms with van der Waals surface area (Å²) in [5.74, 6) is 0.894. The maximum atomic E-state index is 5.29. The van der Waals surface area contributed by atoms with E-state index < -0.39 is 0 Å². The van der Waals surface area contributed by atoms with E-state index in [1.54, 1.807) is 0 Å². The number of fused-ring (bicyclic) bond motifs is 1. The fourth-order valence-corrected chi connectivity index (χ4v) is 2.66. The standard InChI is InChI=1S/C15H15N3S/c1-10(2)18-14(16-17-15(18)19)13-8-7-11-5-3-4-6-12(11)9-13/h3-10H,1-2H3,(H,17,19). The zero-order valence-corrected chi connectivity index (χ0v) is 11.7. The number of hydrogen-bond acceptors (Lipinski definition) is 2. The van der Waals surface area contributed by atoms with Crippen LogP contribution in [0.4, 0.5) is 0 Å². The molecule has 1 aromatic heterocycles. The van der Waals surface area contributed by atoms with Gasteiger partial charge < -0.3 is 0 Å². The molecule has 0 atom stereocenters. The molecule has 0 aliphatic rings. The highest BCUT2D eigenvalue weighted by molar-refractivity contribution is 7.71. The fourth-order valence-electron chi connectivity index (χ4n) is 2.32. The Morgan fingerprint density at radius 1 is 1.11 bits per heavy atom. The van der Waals surface area contributed by atoms with Gasteiger partial charge in [-0.3, -0.25) is 9.67 Å². The van der Waals surface area contributed by atoms with Crippen LogP contribution in [0.25, 0.3) is 22.2 Å². The Bertz CT molecular complexity index is 783. The van der Waals surface area contributed by atoms with Crippen molar-refractivity contribution in [2.75, 3.05) is 0 Å². The van der Waals surface area contributed by atoms with Crippen LogP contribution in [-0.2, 0) is 0 Å². The summed E-state index contributed by atoms with van der Waals surface area (Å²) < 4.78 is 2.71. The van der Waals surface area contributed by atoms with Crippen molar-refractivity contribution in [3.05, 3.63) is 47.2 Å². The Hall–Kier alpha value is -1.94. The highest BCUT2D eigenvalue weighted by Gasteiger charge is 2.11. The molecule has 2 aromatic carbocycles. The van der Waals surface area contributed by atoms with E-state index in [1.165, 1.54) is 10.8 Å². The summed E-state index contributed by atoms with van der Waals surface area (Å²) in [6, 6.07) is 15.0. The third-order valence-electron chi connectivity index (χ3n) is 3.23. The van der Waals surface area contributed by atoms with E-state index >= 15 is 0 Å². The molecule has 0 radical (unpaired) electrons. The summed E-state index contributed by atoms with van der Waals surface area (Å²) in [4.78, 5) is 0. The van der Waals surface area contributed by atoms with Crippen molar-refractivity contribution in [3.8, 4) is 11.4 Å². The van der Waals surface area contributed by atoms with Crippen molar-refractivity contribution in [1.29, 1.82) is 0 Å². The number of aromatic amines is 1. The maximum absolute atomic E-state index is 5.29. The Balaban J connectivity index is 2.22. The molecule has 0 fully saturated rings. The van der Waals surface area contributed by atoms with Gasteiger partial charge in [-0.25, -0.2) is 0 Å². The average Bonchev–Trinajstić information content (AvgIpc) is 2.80. The van der Waals surface area contributed by atoms with E-state index in [-0.39, 0.29) is 6.04 Å². The Labute approximate surface area is 116 Å². The van der Waals surface area contributed by atoms with Gasteiger partial charge in [0.15, 0.2) is 10.6 Å². The van der Waals surface area contributed by atoms with Crippen LogP contribution < -0.4 is 0 Å². The van der Waals surface area contributed by atoms with Crippen LogP contribution in [-0.4, -0.2) is 14.8 Å². The third-order valence-corrected chi connectivity index (χ3v) is 3.52. The highest BCUT2D eigenvalue weighted by atomic mass is 32.1. The van der Waals surface area contributed by atoms with Crippen LogP contribution >= 0.6 is 12.2 Å². The topological polar surface area (TPSA) is 33.6 Å². The van der Waals surface area contributed by atoms with Gasteiger partial charge in [0.2, 0.25) is 0 Å². The number of aromatic nitrogens is 3. The first-order valence-corrected chi connectivity index (χ1v) is 6.74. The summed E-state index contributed by atoms with van der Waals surface area (Å²) >= 11 is 5.29. The third kappa shape index (κ3) is 2.08. The Kier molecular flexibility index (Phi) is 2.95. The number of rotatable bonds is 2. The molecule has 0 aliphatic heterocycles. The lowest BCUT2D eigenvalue weighted by molar-refractivity contribution is 0.597.